The molecule has 0 aromatic carbocycles. The Labute approximate surface area is 175 Å². The first-order valence-electron chi connectivity index (χ1n) is 3.06. The van der Waals surface area contributed by atoms with Gasteiger partial charge in [0, 0.05) is 0 Å². The number of carboxylic acid groups (broad SMARTS) is 10. The van der Waals surface area contributed by atoms with Crippen LogP contribution in [0.2, 0.25) is 0 Å². The molecule has 0 heterocycles. The van der Waals surface area contributed by atoms with Crippen LogP contribution in [-0.4, -0.2) is 30.8 Å². The zero-order valence-electron chi connectivity index (χ0n) is 9.62. The predicted molar refractivity (Wildman–Crippen MR) is 27.0 cm³/mol. The van der Waals surface area contributed by atoms with E-state index in [-0.39, 0.29) is 71.1 Å². The summed E-state index contributed by atoms with van der Waals surface area (Å²) in [7, 11) is 0. The maximum Gasteiger partial charge on any atom is 6.00 e. The van der Waals surface area contributed by atoms with Crippen LogP contribution < -0.4 is 51.1 Å². The van der Waals surface area contributed by atoms with Gasteiger partial charge in [0.15, 0.2) is 0 Å². The molecule has 0 amide bonds. The predicted octanol–water partition coefficient (Wildman–Crippen LogP) is -12.2. The van der Waals surface area contributed by atoms with Gasteiger partial charge < -0.3 is 75.0 Å². The number of carbonyl (C=O) groups excluding carboxylic acids is 5. The number of carbonyl (C=O) groups is 5. The fourth-order valence-electron chi connectivity index (χ4n) is 0. The Morgan fingerprint density at radius 2 is 0.364 bits per heavy atom. The summed E-state index contributed by atoms with van der Waals surface area (Å²) in [5, 5.41) is 83.3. The van der Waals surface area contributed by atoms with Crippen molar-refractivity contribution in [1.29, 1.82) is 0 Å². The van der Waals surface area contributed by atoms with Gasteiger partial charge in [0.1, 0.15) is 0 Å². The van der Waals surface area contributed by atoms with Gasteiger partial charge in [-0.25, -0.2) is 0 Å². The SMILES string of the molecule is O=C([O-])[O-].O=C([O-])[O-].O=C([O-])[O-].O=C([O-])[O-].O=C([O-])[O-].[Th+4].[U+6]. The van der Waals surface area contributed by atoms with Gasteiger partial charge in [-0.3, -0.25) is 0 Å². The minimum absolute atomic E-state index is 0. The molecule has 0 bridgehead atoms. The standard InChI is InChI=1S/5CH2O3.Th.U/c5*2-1(3)4;;/h5*(H2,2,3,4);;/q;;;;;+4;+6/p-10. The maximum absolute atomic E-state index is 8.33. The van der Waals surface area contributed by atoms with Gasteiger partial charge in [0.05, 0.1) is 0 Å². The molecule has 0 aliphatic rings. The normalized spacial score (nSPS) is 5.45. The van der Waals surface area contributed by atoms with Crippen LogP contribution in [0.4, 0.5) is 24.0 Å². The third kappa shape index (κ3) is 3630. The van der Waals surface area contributed by atoms with E-state index in [1.165, 1.54) is 0 Å². The fraction of sp³-hybridized carbons (Fsp3) is 0. The Kier molecular flexibility index (Phi) is 71.4. The molecular weight excluding hydrogens is 770 g/mol. The summed E-state index contributed by atoms with van der Waals surface area (Å²) in [5.74, 6) is 0. The molecule has 0 fully saturated rings. The summed E-state index contributed by atoms with van der Waals surface area (Å²) in [6.07, 6.45) is -11.7. The average molecular weight is 770 g/mol. The van der Waals surface area contributed by atoms with Crippen LogP contribution in [0.15, 0.2) is 0 Å². The van der Waals surface area contributed by atoms with Crippen molar-refractivity contribution in [3.63, 3.8) is 0 Å². The Balaban J connectivity index is -0.0000000250. The third-order valence-electron chi connectivity index (χ3n) is 0. The summed E-state index contributed by atoms with van der Waals surface area (Å²) in [6, 6.07) is 0. The molecule has 0 atom stereocenters. The Bertz CT molecular complexity index is 213. The van der Waals surface area contributed by atoms with E-state index >= 15 is 0 Å². The molecule has 0 aromatic rings. The van der Waals surface area contributed by atoms with Crippen LogP contribution in [0.3, 0.4) is 0 Å². The number of hydrogen-bond donors (Lipinski definition) is 0. The Morgan fingerprint density at radius 3 is 0.364 bits per heavy atom. The van der Waals surface area contributed by atoms with E-state index in [0.717, 1.165) is 0 Å². The van der Waals surface area contributed by atoms with Crippen molar-refractivity contribution in [2.45, 2.75) is 0 Å². The molecule has 0 aliphatic heterocycles. The molecule has 0 spiro atoms. The van der Waals surface area contributed by atoms with Crippen molar-refractivity contribution in [3.8, 4) is 0 Å². The largest absolute Gasteiger partial charge is 6.00 e. The topological polar surface area (TPSA) is 316 Å². The molecule has 0 rings (SSSR count). The van der Waals surface area contributed by atoms with Gasteiger partial charge >= 0.3 is 71.1 Å². The van der Waals surface area contributed by atoms with Crippen molar-refractivity contribution in [3.05, 3.63) is 0 Å². The summed E-state index contributed by atoms with van der Waals surface area (Å²) >= 11 is 0. The van der Waals surface area contributed by atoms with E-state index in [1.807, 2.05) is 0 Å². The van der Waals surface area contributed by atoms with Gasteiger partial charge in [-0.1, -0.05) is 0 Å². The molecule has 0 saturated heterocycles. The van der Waals surface area contributed by atoms with Crippen LogP contribution in [0.5, 0.6) is 0 Å². The van der Waals surface area contributed by atoms with Crippen molar-refractivity contribution in [1.82, 2.24) is 0 Å². The van der Waals surface area contributed by atoms with E-state index in [1.54, 1.807) is 0 Å². The molecule has 22 heavy (non-hydrogen) atoms. The first kappa shape index (κ1) is 42.8. The van der Waals surface area contributed by atoms with E-state index in [2.05, 4.69) is 0 Å². The minimum Gasteiger partial charge on any atom is -0.652 e. The molecule has 118 valence electrons. The molecule has 0 N–H and O–H groups in total. The van der Waals surface area contributed by atoms with Crippen molar-refractivity contribution < 1.29 is 146 Å². The van der Waals surface area contributed by atoms with Crippen molar-refractivity contribution in [2.75, 3.05) is 0 Å². The summed E-state index contributed by atoms with van der Waals surface area (Å²) in [5.41, 5.74) is 0. The quantitative estimate of drug-likeness (QED) is 0.221. The molecule has 17 heteroatoms. The Morgan fingerprint density at radius 1 is 0.364 bits per heavy atom. The van der Waals surface area contributed by atoms with Gasteiger partial charge in [-0.15, -0.1) is 0 Å². The second kappa shape index (κ2) is 36.7. The maximum atomic E-state index is 8.33. The smallest absolute Gasteiger partial charge is 0.652 e. The molecule has 0 saturated carbocycles. The summed E-state index contributed by atoms with van der Waals surface area (Å²) in [4.78, 5) is 41.7. The van der Waals surface area contributed by atoms with Gasteiger partial charge in [-0.2, -0.15) is 0 Å². The van der Waals surface area contributed by atoms with E-state index < -0.39 is 30.8 Å². The molecule has 0 aromatic heterocycles. The van der Waals surface area contributed by atoms with Crippen LogP contribution in [0, 0.1) is 71.1 Å². The molecule has 0 radical (unpaired) electrons. The van der Waals surface area contributed by atoms with E-state index in [0.29, 0.717) is 0 Å². The molecular formula is C5O15ThU. The third-order valence-corrected chi connectivity index (χ3v) is 0. The second-order valence-corrected chi connectivity index (χ2v) is 1.25. The van der Waals surface area contributed by atoms with Gasteiger partial charge in [0.25, 0.3) is 0 Å². The van der Waals surface area contributed by atoms with Crippen LogP contribution >= 0.6 is 0 Å². The first-order valence-corrected chi connectivity index (χ1v) is 3.06. The van der Waals surface area contributed by atoms with Crippen molar-refractivity contribution in [2.24, 2.45) is 0 Å². The summed E-state index contributed by atoms with van der Waals surface area (Å²) in [6.45, 7) is 0. The van der Waals surface area contributed by atoms with Crippen LogP contribution in [-0.2, 0) is 0 Å². The summed E-state index contributed by atoms with van der Waals surface area (Å²) < 4.78 is 0. The van der Waals surface area contributed by atoms with Crippen LogP contribution in [0.1, 0.15) is 0 Å². The molecule has 0 unspecified atom stereocenters. The monoisotopic (exact) mass is 770 g/mol. The van der Waals surface area contributed by atoms with E-state index in [4.69, 9.17) is 75.0 Å². The molecule has 15 nitrogen and oxygen atoms in total. The number of hydrogen-bond acceptors (Lipinski definition) is 15. The number of rotatable bonds is 0. The Hall–Kier alpha value is -1.27. The first-order chi connectivity index (χ1) is 8.66. The molecule has 0 aliphatic carbocycles. The average Bonchev–Trinajstić information content (AvgIpc) is 1.94. The fourth-order valence-corrected chi connectivity index (χ4v) is 0. The minimum atomic E-state index is -2.33. The van der Waals surface area contributed by atoms with Gasteiger partial charge in [0.2, 0.25) is 0 Å². The second-order valence-electron chi connectivity index (χ2n) is 1.25. The van der Waals surface area contributed by atoms with Crippen molar-refractivity contribution >= 4 is 30.8 Å². The zero-order chi connectivity index (χ0) is 17.9. The zero-order valence-corrected chi connectivity index (χ0v) is 17.9. The van der Waals surface area contributed by atoms with Gasteiger partial charge in [-0.05, 0) is 30.8 Å². The van der Waals surface area contributed by atoms with Crippen LogP contribution in [0.25, 0.3) is 0 Å². The van der Waals surface area contributed by atoms with E-state index in [9.17, 15) is 0 Å².